The molecule has 1 aromatic rings. The van der Waals surface area contributed by atoms with Gasteiger partial charge in [-0.05, 0) is 52.5 Å². The maximum Gasteiger partial charge on any atom is 0.237 e. The lowest BCUT2D eigenvalue weighted by Crippen LogP contribution is -2.58. The van der Waals surface area contributed by atoms with E-state index in [0.717, 1.165) is 43.9 Å². The summed E-state index contributed by atoms with van der Waals surface area (Å²) in [6, 6.07) is 0.196. The fourth-order valence-corrected chi connectivity index (χ4v) is 3.17. The molecule has 6 heteroatoms. The number of hydrogen-bond donors (Lipinski definition) is 2. The van der Waals surface area contributed by atoms with E-state index in [9.17, 15) is 4.79 Å². The average Bonchev–Trinajstić information content (AvgIpc) is 2.75. The van der Waals surface area contributed by atoms with Gasteiger partial charge < -0.3 is 11.1 Å². The molecule has 0 saturated heterocycles. The molecule has 0 spiro atoms. The topological polar surface area (TPSA) is 85.8 Å². The van der Waals surface area contributed by atoms with Crippen LogP contribution in [0.1, 0.15) is 56.7 Å². The number of carbonyl (C=O) groups excluding carboxylic acids is 1. The van der Waals surface area contributed by atoms with Crippen molar-refractivity contribution in [2.24, 2.45) is 5.73 Å². The highest BCUT2D eigenvalue weighted by atomic mass is 16.1. The molecule has 1 saturated carbocycles. The number of aryl methyl sites for hydroxylation is 2. The Labute approximate surface area is 120 Å². The van der Waals surface area contributed by atoms with Crippen LogP contribution in [0.5, 0.6) is 0 Å². The number of nitrogens with one attached hydrogen (secondary N) is 1. The number of hydrogen-bond acceptors (Lipinski definition) is 4. The number of carbonyl (C=O) groups is 1. The van der Waals surface area contributed by atoms with Crippen LogP contribution in [0.2, 0.25) is 0 Å². The average molecular weight is 279 g/mol. The molecule has 2 atom stereocenters. The third kappa shape index (κ3) is 2.85. The first-order chi connectivity index (χ1) is 9.48. The number of primary amides is 1. The number of nitrogens with two attached hydrogens (primary N) is 1. The minimum absolute atomic E-state index is 0.196. The highest BCUT2D eigenvalue weighted by molar-refractivity contribution is 5.84. The summed E-state index contributed by atoms with van der Waals surface area (Å²) < 4.78 is 1.96. The summed E-state index contributed by atoms with van der Waals surface area (Å²) in [7, 11) is 0. The summed E-state index contributed by atoms with van der Waals surface area (Å²) in [5.41, 5.74) is 5.09. The Morgan fingerprint density at radius 3 is 2.85 bits per heavy atom. The molecular weight excluding hydrogens is 254 g/mol. The second-order valence-electron chi connectivity index (χ2n) is 5.77. The van der Waals surface area contributed by atoms with E-state index in [1.54, 1.807) is 0 Å². The van der Waals surface area contributed by atoms with Crippen LogP contribution in [0.25, 0.3) is 0 Å². The summed E-state index contributed by atoms with van der Waals surface area (Å²) in [4.78, 5) is 16.3. The Morgan fingerprint density at radius 2 is 2.30 bits per heavy atom. The van der Waals surface area contributed by atoms with Crippen LogP contribution in [0.3, 0.4) is 0 Å². The molecule has 20 heavy (non-hydrogen) atoms. The Kier molecular flexibility index (Phi) is 4.42. The lowest BCUT2D eigenvalue weighted by Gasteiger charge is -2.39. The zero-order valence-electron chi connectivity index (χ0n) is 12.6. The zero-order chi connectivity index (χ0) is 14.8. The molecule has 2 unspecified atom stereocenters. The predicted octanol–water partition coefficient (Wildman–Crippen LogP) is 1.23. The fourth-order valence-electron chi connectivity index (χ4n) is 3.17. The largest absolute Gasteiger partial charge is 0.368 e. The van der Waals surface area contributed by atoms with E-state index in [-0.39, 0.29) is 11.9 Å². The van der Waals surface area contributed by atoms with E-state index < -0.39 is 5.54 Å². The summed E-state index contributed by atoms with van der Waals surface area (Å²) >= 11 is 0. The molecule has 3 N–H and O–H groups in total. The molecule has 0 bridgehead atoms. The van der Waals surface area contributed by atoms with Crippen molar-refractivity contribution in [3.8, 4) is 0 Å². The SMILES string of the molecule is CCCNC1(C(N)=O)CCCC(n2nc(C)nc2C)C1. The number of nitrogens with zero attached hydrogens (tertiary/aromatic N) is 3. The lowest BCUT2D eigenvalue weighted by atomic mass is 9.78. The molecule has 0 radical (unpaired) electrons. The normalized spacial score (nSPS) is 26.6. The molecular formula is C14H25N5O. The fraction of sp³-hybridized carbons (Fsp3) is 0.786. The second-order valence-corrected chi connectivity index (χ2v) is 5.77. The first kappa shape index (κ1) is 15.0. The predicted molar refractivity (Wildman–Crippen MR) is 77.2 cm³/mol. The summed E-state index contributed by atoms with van der Waals surface area (Å²) in [6.07, 6.45) is 4.49. The molecule has 1 fully saturated rings. The van der Waals surface area contributed by atoms with Crippen molar-refractivity contribution in [3.05, 3.63) is 11.6 Å². The monoisotopic (exact) mass is 279 g/mol. The van der Waals surface area contributed by atoms with Crippen LogP contribution in [0.4, 0.5) is 0 Å². The Bertz CT molecular complexity index is 484. The lowest BCUT2D eigenvalue weighted by molar-refractivity contribution is -0.126. The van der Waals surface area contributed by atoms with Crippen molar-refractivity contribution >= 4 is 5.91 Å². The quantitative estimate of drug-likeness (QED) is 0.849. The van der Waals surface area contributed by atoms with Crippen LogP contribution in [0, 0.1) is 13.8 Å². The minimum atomic E-state index is -0.592. The van der Waals surface area contributed by atoms with Crippen LogP contribution >= 0.6 is 0 Å². The van der Waals surface area contributed by atoms with Crippen molar-refractivity contribution in [1.82, 2.24) is 20.1 Å². The van der Waals surface area contributed by atoms with E-state index in [1.807, 2.05) is 18.5 Å². The Hall–Kier alpha value is -1.43. The third-order valence-electron chi connectivity index (χ3n) is 4.16. The molecule has 112 valence electrons. The van der Waals surface area contributed by atoms with Gasteiger partial charge in [-0.2, -0.15) is 5.10 Å². The van der Waals surface area contributed by atoms with Gasteiger partial charge in [0.1, 0.15) is 11.6 Å². The van der Waals surface area contributed by atoms with Crippen LogP contribution in [0.15, 0.2) is 0 Å². The van der Waals surface area contributed by atoms with E-state index in [1.165, 1.54) is 0 Å². The van der Waals surface area contributed by atoms with Gasteiger partial charge in [0.2, 0.25) is 5.91 Å². The highest BCUT2D eigenvalue weighted by Gasteiger charge is 2.42. The molecule has 0 aliphatic heterocycles. The Balaban J connectivity index is 2.21. The summed E-state index contributed by atoms with van der Waals surface area (Å²) in [5.74, 6) is 1.44. The standard InChI is InChI=1S/C14H25N5O/c1-4-8-16-14(13(15)20)7-5-6-12(9-14)19-11(3)17-10(2)18-19/h12,16H,4-9H2,1-3H3,(H2,15,20). The maximum absolute atomic E-state index is 12.0. The smallest absolute Gasteiger partial charge is 0.237 e. The molecule has 1 amide bonds. The van der Waals surface area contributed by atoms with Gasteiger partial charge in [0, 0.05) is 0 Å². The molecule has 2 rings (SSSR count). The molecule has 1 aliphatic rings. The van der Waals surface area contributed by atoms with E-state index >= 15 is 0 Å². The van der Waals surface area contributed by atoms with Crippen molar-refractivity contribution in [2.75, 3.05) is 6.54 Å². The highest BCUT2D eigenvalue weighted by Crippen LogP contribution is 2.35. The summed E-state index contributed by atoms with van der Waals surface area (Å²) in [5, 5.41) is 7.84. The van der Waals surface area contributed by atoms with Crippen molar-refractivity contribution in [3.63, 3.8) is 0 Å². The number of amides is 1. The first-order valence-corrected chi connectivity index (χ1v) is 7.43. The van der Waals surface area contributed by atoms with E-state index in [4.69, 9.17) is 5.73 Å². The maximum atomic E-state index is 12.0. The first-order valence-electron chi connectivity index (χ1n) is 7.43. The van der Waals surface area contributed by atoms with Crippen molar-refractivity contribution in [1.29, 1.82) is 0 Å². The second kappa shape index (κ2) is 5.91. The third-order valence-corrected chi connectivity index (χ3v) is 4.16. The van der Waals surface area contributed by atoms with Crippen molar-refractivity contribution in [2.45, 2.75) is 64.5 Å². The number of aromatic nitrogens is 3. The zero-order valence-corrected chi connectivity index (χ0v) is 12.6. The van der Waals surface area contributed by atoms with Gasteiger partial charge in [0.15, 0.2) is 0 Å². The Morgan fingerprint density at radius 1 is 1.55 bits per heavy atom. The van der Waals surface area contributed by atoms with Gasteiger partial charge in [0.05, 0.1) is 11.6 Å². The summed E-state index contributed by atoms with van der Waals surface area (Å²) in [6.45, 7) is 6.75. The van der Waals surface area contributed by atoms with Gasteiger partial charge in [0.25, 0.3) is 0 Å². The molecule has 1 aliphatic carbocycles. The van der Waals surface area contributed by atoms with Gasteiger partial charge in [-0.3, -0.25) is 4.79 Å². The van der Waals surface area contributed by atoms with E-state index in [0.29, 0.717) is 6.42 Å². The minimum Gasteiger partial charge on any atom is -0.368 e. The van der Waals surface area contributed by atoms with Crippen LogP contribution < -0.4 is 11.1 Å². The number of rotatable bonds is 5. The van der Waals surface area contributed by atoms with Crippen LogP contribution in [-0.4, -0.2) is 32.8 Å². The van der Waals surface area contributed by atoms with Gasteiger partial charge >= 0.3 is 0 Å². The molecule has 1 heterocycles. The van der Waals surface area contributed by atoms with Crippen molar-refractivity contribution < 1.29 is 4.79 Å². The molecule has 1 aromatic heterocycles. The molecule has 6 nitrogen and oxygen atoms in total. The van der Waals surface area contributed by atoms with Gasteiger partial charge in [-0.15, -0.1) is 0 Å². The van der Waals surface area contributed by atoms with Gasteiger partial charge in [-0.1, -0.05) is 6.92 Å². The van der Waals surface area contributed by atoms with E-state index in [2.05, 4.69) is 22.3 Å². The van der Waals surface area contributed by atoms with Crippen LogP contribution in [-0.2, 0) is 4.79 Å². The molecule has 0 aromatic carbocycles. The van der Waals surface area contributed by atoms with Gasteiger partial charge in [-0.25, -0.2) is 9.67 Å².